The van der Waals surface area contributed by atoms with Crippen molar-refractivity contribution in [1.82, 2.24) is 9.97 Å². The van der Waals surface area contributed by atoms with Gasteiger partial charge < -0.3 is 4.98 Å². The quantitative estimate of drug-likeness (QED) is 0.839. The average molecular weight is 260 g/mol. The molecule has 0 atom stereocenters. The molecule has 2 aromatic rings. The van der Waals surface area contributed by atoms with Gasteiger partial charge in [0.05, 0.1) is 0 Å². The van der Waals surface area contributed by atoms with Gasteiger partial charge in [0.15, 0.2) is 0 Å². The molecule has 0 aliphatic heterocycles. The minimum Gasteiger partial charge on any atom is -0.347 e. The van der Waals surface area contributed by atoms with E-state index in [-0.39, 0.29) is 5.82 Å². The Morgan fingerprint density at radius 1 is 1.22 bits per heavy atom. The third-order valence-electron chi connectivity index (χ3n) is 3.29. The molecular weight excluding hydrogens is 247 g/mol. The first kappa shape index (κ1) is 11.5. The van der Waals surface area contributed by atoms with E-state index in [0.29, 0.717) is 6.42 Å². The lowest BCUT2D eigenvalue weighted by Crippen LogP contribution is -2.02. The highest BCUT2D eigenvalue weighted by atomic mass is 32.1. The molecular formula is C14H13FN2S. The van der Waals surface area contributed by atoms with Gasteiger partial charge in [0.25, 0.3) is 0 Å². The second-order valence-electron chi connectivity index (χ2n) is 4.60. The second kappa shape index (κ2) is 4.61. The summed E-state index contributed by atoms with van der Waals surface area (Å²) in [7, 11) is 0. The normalized spacial score (nSPS) is 13.6. The molecule has 3 rings (SSSR count). The smallest absolute Gasteiger partial charge is 0.133 e. The van der Waals surface area contributed by atoms with Crippen LogP contribution in [0.5, 0.6) is 0 Å². The first-order valence-electron chi connectivity index (χ1n) is 6.08. The number of fused-ring (bicyclic) bond motifs is 1. The summed E-state index contributed by atoms with van der Waals surface area (Å²) >= 11 is 5.31. The fourth-order valence-corrected chi connectivity index (χ4v) is 2.72. The van der Waals surface area contributed by atoms with Crippen LogP contribution in [-0.2, 0) is 19.3 Å². The van der Waals surface area contributed by atoms with Gasteiger partial charge in [0.2, 0.25) is 0 Å². The number of rotatable bonds is 2. The minimum atomic E-state index is -0.214. The maximum Gasteiger partial charge on any atom is 0.133 e. The number of halogens is 1. The van der Waals surface area contributed by atoms with Crippen molar-refractivity contribution in [3.8, 4) is 0 Å². The Balaban J connectivity index is 1.92. The van der Waals surface area contributed by atoms with Crippen molar-refractivity contribution in [1.29, 1.82) is 0 Å². The summed E-state index contributed by atoms with van der Waals surface area (Å²) < 4.78 is 13.6. The molecule has 92 valence electrons. The molecule has 1 aromatic carbocycles. The zero-order valence-corrected chi connectivity index (χ0v) is 10.7. The molecule has 18 heavy (non-hydrogen) atoms. The molecule has 1 N–H and O–H groups in total. The van der Waals surface area contributed by atoms with Crippen LogP contribution in [0.25, 0.3) is 0 Å². The summed E-state index contributed by atoms with van der Waals surface area (Å²) in [6.45, 7) is 0. The van der Waals surface area contributed by atoms with Gasteiger partial charge in [-0.3, -0.25) is 0 Å². The highest BCUT2D eigenvalue weighted by Crippen LogP contribution is 2.21. The van der Waals surface area contributed by atoms with Crippen LogP contribution < -0.4 is 0 Å². The van der Waals surface area contributed by atoms with Crippen LogP contribution in [0.4, 0.5) is 4.39 Å². The topological polar surface area (TPSA) is 28.7 Å². The first-order valence-corrected chi connectivity index (χ1v) is 6.48. The van der Waals surface area contributed by atoms with E-state index >= 15 is 0 Å². The Morgan fingerprint density at radius 2 is 2.00 bits per heavy atom. The highest BCUT2D eigenvalue weighted by Gasteiger charge is 2.14. The molecule has 0 unspecified atom stereocenters. The molecule has 0 amide bonds. The zero-order valence-electron chi connectivity index (χ0n) is 9.87. The summed E-state index contributed by atoms with van der Waals surface area (Å²) in [5.74, 6) is 0.654. The number of nitrogens with zero attached hydrogens (tertiary/aromatic N) is 1. The Morgan fingerprint density at radius 3 is 2.78 bits per heavy atom. The van der Waals surface area contributed by atoms with Gasteiger partial charge in [0.1, 0.15) is 16.3 Å². The lowest BCUT2D eigenvalue weighted by Gasteiger charge is -2.05. The summed E-state index contributed by atoms with van der Waals surface area (Å²) in [6, 6.07) is 6.50. The fourth-order valence-electron chi connectivity index (χ4n) is 2.39. The Hall–Kier alpha value is -1.55. The molecule has 0 saturated heterocycles. The molecule has 1 aromatic heterocycles. The molecule has 1 aliphatic carbocycles. The van der Waals surface area contributed by atoms with Gasteiger partial charge in [-0.15, -0.1) is 0 Å². The Labute approximate surface area is 110 Å². The average Bonchev–Trinajstić information content (AvgIpc) is 2.81. The number of aromatic nitrogens is 2. The fraction of sp³-hybridized carbons (Fsp3) is 0.286. The van der Waals surface area contributed by atoms with Crippen LogP contribution in [-0.4, -0.2) is 9.97 Å². The number of benzene rings is 1. The molecule has 0 spiro atoms. The first-order chi connectivity index (χ1) is 8.72. The summed E-state index contributed by atoms with van der Waals surface area (Å²) in [6.07, 6.45) is 3.90. The number of H-pyrrole nitrogens is 1. The molecule has 0 saturated carbocycles. The number of hydrogen-bond acceptors (Lipinski definition) is 2. The van der Waals surface area contributed by atoms with E-state index in [1.54, 1.807) is 12.1 Å². The maximum absolute atomic E-state index is 12.8. The van der Waals surface area contributed by atoms with Crippen LogP contribution in [0.3, 0.4) is 0 Å². The zero-order chi connectivity index (χ0) is 12.5. The maximum atomic E-state index is 12.8. The van der Waals surface area contributed by atoms with Gasteiger partial charge in [-0.25, -0.2) is 9.37 Å². The molecule has 0 radical (unpaired) electrons. The molecule has 1 heterocycles. The van der Waals surface area contributed by atoms with E-state index in [0.717, 1.165) is 35.3 Å². The van der Waals surface area contributed by atoms with Crippen LogP contribution in [0.2, 0.25) is 0 Å². The van der Waals surface area contributed by atoms with Crippen molar-refractivity contribution in [3.63, 3.8) is 0 Å². The minimum absolute atomic E-state index is 0.214. The van der Waals surface area contributed by atoms with Crippen LogP contribution in [0, 0.1) is 10.5 Å². The second-order valence-corrected chi connectivity index (χ2v) is 4.99. The predicted molar refractivity (Wildman–Crippen MR) is 70.7 cm³/mol. The summed E-state index contributed by atoms with van der Waals surface area (Å²) in [4.78, 5) is 7.79. The van der Waals surface area contributed by atoms with E-state index in [9.17, 15) is 4.39 Å². The van der Waals surface area contributed by atoms with E-state index < -0.39 is 0 Å². The molecule has 1 aliphatic rings. The van der Waals surface area contributed by atoms with Crippen molar-refractivity contribution in [2.45, 2.75) is 25.7 Å². The molecule has 0 bridgehead atoms. The number of hydrogen-bond donors (Lipinski definition) is 1. The SMILES string of the molecule is Fc1ccc(Cc2nc(=S)c3c([nH]2)CCC3)cc1. The summed E-state index contributed by atoms with van der Waals surface area (Å²) in [5.41, 5.74) is 3.47. The van der Waals surface area contributed by atoms with Crippen LogP contribution >= 0.6 is 12.2 Å². The highest BCUT2D eigenvalue weighted by molar-refractivity contribution is 7.71. The molecule has 4 heteroatoms. The van der Waals surface area contributed by atoms with E-state index in [4.69, 9.17) is 12.2 Å². The largest absolute Gasteiger partial charge is 0.347 e. The molecule has 2 nitrogen and oxygen atoms in total. The van der Waals surface area contributed by atoms with E-state index in [1.807, 2.05) is 0 Å². The van der Waals surface area contributed by atoms with Crippen molar-refractivity contribution >= 4 is 12.2 Å². The van der Waals surface area contributed by atoms with Gasteiger partial charge in [-0.1, -0.05) is 24.4 Å². The van der Waals surface area contributed by atoms with Crippen molar-refractivity contribution in [2.24, 2.45) is 0 Å². The lowest BCUT2D eigenvalue weighted by atomic mass is 10.1. The van der Waals surface area contributed by atoms with Gasteiger partial charge in [-0.2, -0.15) is 0 Å². The van der Waals surface area contributed by atoms with Crippen molar-refractivity contribution in [2.75, 3.05) is 0 Å². The molecule has 0 fully saturated rings. The standard InChI is InChI=1S/C14H13FN2S/c15-10-6-4-9(5-7-10)8-13-16-12-3-1-2-11(12)14(18)17-13/h4-7H,1-3,8H2,(H,16,17,18). The van der Waals surface area contributed by atoms with Gasteiger partial charge in [-0.05, 0) is 37.0 Å². The Bertz CT molecular complexity index is 631. The summed E-state index contributed by atoms with van der Waals surface area (Å²) in [5, 5.41) is 0. The lowest BCUT2D eigenvalue weighted by molar-refractivity contribution is 0.627. The monoisotopic (exact) mass is 260 g/mol. The number of aromatic amines is 1. The van der Waals surface area contributed by atoms with Crippen molar-refractivity contribution < 1.29 is 4.39 Å². The third kappa shape index (κ3) is 2.20. The number of aryl methyl sites for hydroxylation is 1. The van der Waals surface area contributed by atoms with Crippen LogP contribution in [0.15, 0.2) is 24.3 Å². The van der Waals surface area contributed by atoms with E-state index in [1.165, 1.54) is 23.4 Å². The Kier molecular flexibility index (Phi) is 2.96. The predicted octanol–water partition coefficient (Wildman–Crippen LogP) is 3.36. The van der Waals surface area contributed by atoms with Crippen molar-refractivity contribution in [3.05, 3.63) is 57.4 Å². The van der Waals surface area contributed by atoms with Gasteiger partial charge in [0, 0.05) is 17.7 Å². The van der Waals surface area contributed by atoms with Crippen LogP contribution in [0.1, 0.15) is 29.1 Å². The number of nitrogens with one attached hydrogen (secondary N) is 1. The third-order valence-corrected chi connectivity index (χ3v) is 3.63. The van der Waals surface area contributed by atoms with E-state index in [2.05, 4.69) is 9.97 Å². The van der Waals surface area contributed by atoms with Gasteiger partial charge >= 0.3 is 0 Å².